The Kier molecular flexibility index (Phi) is 4.92. The zero-order valence-corrected chi connectivity index (χ0v) is 16.3. The summed E-state index contributed by atoms with van der Waals surface area (Å²) >= 11 is 0. The van der Waals surface area contributed by atoms with Crippen molar-refractivity contribution in [2.75, 3.05) is 7.11 Å². The van der Waals surface area contributed by atoms with Crippen LogP contribution in [0.25, 0.3) is 5.70 Å². The van der Waals surface area contributed by atoms with Crippen molar-refractivity contribution in [2.24, 2.45) is 5.92 Å². The minimum atomic E-state index is -0.736. The van der Waals surface area contributed by atoms with E-state index in [-0.39, 0.29) is 22.3 Å². The second-order valence-electron chi connectivity index (χ2n) is 7.39. The smallest absolute Gasteiger partial charge is 0.282 e. The number of carbonyl (C=O) groups is 1. The summed E-state index contributed by atoms with van der Waals surface area (Å²) in [6.07, 6.45) is 1.68. The van der Waals surface area contributed by atoms with E-state index >= 15 is 0 Å². The second kappa shape index (κ2) is 7.54. The number of nitro groups is 1. The number of rotatable bonds is 6. The minimum Gasteiger partial charge on any atom is -0.497 e. The van der Waals surface area contributed by atoms with Crippen molar-refractivity contribution in [2.45, 2.75) is 25.7 Å². The molecule has 148 valence electrons. The Hall–Kier alpha value is -3.41. The zero-order chi connectivity index (χ0) is 20.5. The van der Waals surface area contributed by atoms with E-state index < -0.39 is 5.92 Å². The molecule has 0 saturated heterocycles. The molecule has 0 radical (unpaired) electrons. The van der Waals surface area contributed by atoms with Gasteiger partial charge in [-0.3, -0.25) is 14.9 Å². The minimum absolute atomic E-state index is 0.00211. The van der Waals surface area contributed by atoms with Crippen molar-refractivity contribution in [1.29, 1.82) is 0 Å². The predicted octanol–water partition coefficient (Wildman–Crippen LogP) is 4.28. The summed E-state index contributed by atoms with van der Waals surface area (Å²) < 4.78 is 5.23. The first kappa shape index (κ1) is 18.9. The Morgan fingerprint density at radius 1 is 1.10 bits per heavy atom. The fraction of sp³-hybridized carbons (Fsp3) is 0.261. The molecule has 29 heavy (non-hydrogen) atoms. The molecule has 1 unspecified atom stereocenters. The third-order valence-electron chi connectivity index (χ3n) is 5.46. The van der Waals surface area contributed by atoms with Gasteiger partial charge < -0.3 is 10.1 Å². The molecule has 6 heteroatoms. The number of Topliss-reactive ketones (excluding diaryl/α,β-unsaturated/α-hetero) is 1. The zero-order valence-electron chi connectivity index (χ0n) is 16.3. The van der Waals surface area contributed by atoms with Crippen molar-refractivity contribution in [3.63, 3.8) is 0 Å². The van der Waals surface area contributed by atoms with E-state index in [1.807, 2.05) is 37.3 Å². The molecule has 1 fully saturated rings. The number of hydrogen-bond donors (Lipinski definition) is 1. The van der Waals surface area contributed by atoms with E-state index in [2.05, 4.69) is 5.32 Å². The maximum absolute atomic E-state index is 13.1. The van der Waals surface area contributed by atoms with Gasteiger partial charge in [0.1, 0.15) is 17.4 Å². The highest BCUT2D eigenvalue weighted by Crippen LogP contribution is 2.45. The summed E-state index contributed by atoms with van der Waals surface area (Å²) in [5.41, 5.74) is 3.01. The third kappa shape index (κ3) is 3.53. The molecule has 2 aromatic carbocycles. The lowest BCUT2D eigenvalue weighted by Crippen LogP contribution is -2.31. The molecule has 1 heterocycles. The lowest BCUT2D eigenvalue weighted by molar-refractivity contribution is -0.428. The quantitative estimate of drug-likeness (QED) is 0.588. The van der Waals surface area contributed by atoms with E-state index in [4.69, 9.17) is 4.74 Å². The molecule has 0 amide bonds. The molecule has 2 aliphatic rings. The van der Waals surface area contributed by atoms with Gasteiger partial charge in [-0.05, 0) is 37.5 Å². The number of nitrogens with zero attached hydrogens (tertiary/aromatic N) is 1. The van der Waals surface area contributed by atoms with Gasteiger partial charge in [0.05, 0.1) is 12.0 Å². The highest BCUT2D eigenvalue weighted by atomic mass is 16.6. The number of benzene rings is 2. The molecule has 0 bridgehead atoms. The fourth-order valence-electron chi connectivity index (χ4n) is 3.85. The van der Waals surface area contributed by atoms with Gasteiger partial charge in [-0.15, -0.1) is 0 Å². The second-order valence-corrected chi connectivity index (χ2v) is 7.39. The van der Waals surface area contributed by atoms with Crippen LogP contribution in [0, 0.1) is 16.0 Å². The van der Waals surface area contributed by atoms with Gasteiger partial charge in [0.2, 0.25) is 0 Å². The van der Waals surface area contributed by atoms with E-state index in [1.165, 1.54) is 0 Å². The third-order valence-corrected chi connectivity index (χ3v) is 5.46. The van der Waals surface area contributed by atoms with Crippen LogP contribution in [0.2, 0.25) is 0 Å². The normalized spacial score (nSPS) is 19.0. The molecule has 1 aliphatic heterocycles. The Morgan fingerprint density at radius 3 is 2.31 bits per heavy atom. The topological polar surface area (TPSA) is 81.5 Å². The summed E-state index contributed by atoms with van der Waals surface area (Å²) in [5.74, 6) is -0.107. The fourth-order valence-corrected chi connectivity index (χ4v) is 3.85. The van der Waals surface area contributed by atoms with E-state index in [9.17, 15) is 14.9 Å². The molecule has 1 aliphatic carbocycles. The van der Waals surface area contributed by atoms with Crippen LogP contribution < -0.4 is 10.1 Å². The predicted molar refractivity (Wildman–Crippen MR) is 110 cm³/mol. The van der Waals surface area contributed by atoms with Crippen molar-refractivity contribution >= 4 is 11.5 Å². The number of allylic oxidation sites excluding steroid dienone is 2. The van der Waals surface area contributed by atoms with Crippen LogP contribution in [0.3, 0.4) is 0 Å². The van der Waals surface area contributed by atoms with Crippen molar-refractivity contribution in [3.8, 4) is 5.75 Å². The molecule has 1 saturated carbocycles. The van der Waals surface area contributed by atoms with Gasteiger partial charge in [0.15, 0.2) is 5.78 Å². The molecule has 0 spiro atoms. The van der Waals surface area contributed by atoms with Crippen LogP contribution in [0.5, 0.6) is 5.75 Å². The Morgan fingerprint density at radius 2 is 1.76 bits per heavy atom. The van der Waals surface area contributed by atoms with Gasteiger partial charge in [-0.25, -0.2) is 0 Å². The van der Waals surface area contributed by atoms with Crippen LogP contribution in [0.1, 0.15) is 36.8 Å². The summed E-state index contributed by atoms with van der Waals surface area (Å²) in [6, 6.07) is 16.3. The van der Waals surface area contributed by atoms with Crippen LogP contribution in [0.15, 0.2) is 71.6 Å². The lowest BCUT2D eigenvalue weighted by Gasteiger charge is -2.28. The largest absolute Gasteiger partial charge is 0.497 e. The molecule has 6 nitrogen and oxygen atoms in total. The standard InChI is InChI=1S/C23H22N2O4/c1-14-19(23(26)17-8-9-17)20(15-10-12-18(29-2)13-11-15)22(25(27)28)21(24-14)16-6-4-3-5-7-16/h3-7,10-13,17,20,24H,8-9H2,1-2H3. The molecule has 1 atom stereocenters. The molecular formula is C23H22N2O4. The molecule has 4 rings (SSSR count). The summed E-state index contributed by atoms with van der Waals surface area (Å²) in [5, 5.41) is 15.4. The van der Waals surface area contributed by atoms with Gasteiger partial charge in [0, 0.05) is 22.8 Å². The average molecular weight is 390 g/mol. The lowest BCUT2D eigenvalue weighted by atomic mass is 9.80. The highest BCUT2D eigenvalue weighted by Gasteiger charge is 2.45. The van der Waals surface area contributed by atoms with Crippen LogP contribution in [-0.4, -0.2) is 17.8 Å². The number of methoxy groups -OCH3 is 1. The van der Waals surface area contributed by atoms with Crippen molar-refractivity contribution in [1.82, 2.24) is 5.32 Å². The SMILES string of the molecule is COc1ccc(C2C(C(=O)C3CC3)=C(C)NC(c3ccccc3)=C2[N+](=O)[O-])cc1. The van der Waals surface area contributed by atoms with Gasteiger partial charge >= 0.3 is 0 Å². The Balaban J connectivity index is 1.92. The average Bonchev–Trinajstić information content (AvgIpc) is 3.58. The maximum atomic E-state index is 13.1. The molecular weight excluding hydrogens is 368 g/mol. The van der Waals surface area contributed by atoms with E-state index in [1.54, 1.807) is 31.4 Å². The number of nitrogens with one attached hydrogen (secondary N) is 1. The van der Waals surface area contributed by atoms with Crippen molar-refractivity contribution in [3.05, 3.63) is 92.8 Å². The van der Waals surface area contributed by atoms with E-state index in [0.29, 0.717) is 28.3 Å². The number of carbonyl (C=O) groups excluding carboxylic acids is 1. The van der Waals surface area contributed by atoms with Crippen molar-refractivity contribution < 1.29 is 14.5 Å². The first-order valence-corrected chi connectivity index (χ1v) is 9.61. The van der Waals surface area contributed by atoms with Gasteiger partial charge in [0.25, 0.3) is 5.70 Å². The highest BCUT2D eigenvalue weighted by molar-refractivity contribution is 6.02. The summed E-state index contributed by atoms with van der Waals surface area (Å²) in [4.78, 5) is 25.0. The molecule has 1 N–H and O–H groups in total. The van der Waals surface area contributed by atoms with Gasteiger partial charge in [-0.1, -0.05) is 42.5 Å². The first-order valence-electron chi connectivity index (χ1n) is 9.61. The Labute approximate surface area is 169 Å². The Bertz CT molecular complexity index is 1020. The molecule has 0 aromatic heterocycles. The van der Waals surface area contributed by atoms with Crippen LogP contribution in [0.4, 0.5) is 0 Å². The van der Waals surface area contributed by atoms with Crippen LogP contribution >= 0.6 is 0 Å². The molecule has 2 aromatic rings. The number of ketones is 1. The summed E-state index contributed by atoms with van der Waals surface area (Å²) in [7, 11) is 1.57. The van der Waals surface area contributed by atoms with Crippen LogP contribution in [-0.2, 0) is 4.79 Å². The number of hydrogen-bond acceptors (Lipinski definition) is 5. The summed E-state index contributed by atoms with van der Waals surface area (Å²) in [6.45, 7) is 1.83. The first-order chi connectivity index (χ1) is 14.0. The maximum Gasteiger partial charge on any atom is 0.282 e. The van der Waals surface area contributed by atoms with E-state index in [0.717, 1.165) is 18.4 Å². The monoisotopic (exact) mass is 390 g/mol. The number of ether oxygens (including phenoxy) is 1. The number of dihydropyridines is 1. The van der Waals surface area contributed by atoms with Gasteiger partial charge in [-0.2, -0.15) is 0 Å².